The van der Waals surface area contributed by atoms with Gasteiger partial charge in [0.15, 0.2) is 14.4 Å². The van der Waals surface area contributed by atoms with Gasteiger partial charge in [-0.2, -0.15) is 0 Å². The molecule has 2 aliphatic heterocycles. The van der Waals surface area contributed by atoms with Crippen LogP contribution in [0.25, 0.3) is 10.8 Å². The average molecular weight is 485 g/mol. The third-order valence-electron chi connectivity index (χ3n) is 7.26. The van der Waals surface area contributed by atoms with E-state index >= 15 is 0 Å². The van der Waals surface area contributed by atoms with Gasteiger partial charge in [-0.05, 0) is 47.5 Å². The summed E-state index contributed by atoms with van der Waals surface area (Å²) in [6.07, 6.45) is 2.13. The second kappa shape index (κ2) is 9.82. The Morgan fingerprint density at radius 2 is 1.82 bits per heavy atom. The Bertz CT molecular complexity index is 1040. The summed E-state index contributed by atoms with van der Waals surface area (Å²) in [4.78, 5) is 11.8. The molecule has 0 unspecified atom stereocenters. The van der Waals surface area contributed by atoms with Crippen LogP contribution < -0.4 is 4.74 Å². The fourth-order valence-corrected chi connectivity index (χ4v) is 5.69. The molecular weight excluding hydrogens is 448 g/mol. The van der Waals surface area contributed by atoms with E-state index < -0.39 is 32.6 Å². The molecule has 5 atom stereocenters. The van der Waals surface area contributed by atoms with Crippen molar-refractivity contribution in [2.45, 2.75) is 82.3 Å². The number of carboxylic acids is 1. The van der Waals surface area contributed by atoms with Crippen molar-refractivity contribution in [1.82, 2.24) is 0 Å². The molecule has 1 fully saturated rings. The predicted molar refractivity (Wildman–Crippen MR) is 135 cm³/mol. The fourth-order valence-electron chi connectivity index (χ4n) is 4.37. The van der Waals surface area contributed by atoms with Crippen LogP contribution in [-0.2, 0) is 18.7 Å². The second-order valence-electron chi connectivity index (χ2n) is 10.8. The average Bonchev–Trinajstić information content (AvgIpc) is 3.00. The van der Waals surface area contributed by atoms with Crippen molar-refractivity contribution in [3.63, 3.8) is 0 Å². The number of ether oxygens (including phenoxy) is 3. The molecule has 0 spiro atoms. The topological polar surface area (TPSA) is 74.2 Å². The van der Waals surface area contributed by atoms with E-state index in [2.05, 4.69) is 46.0 Å². The smallest absolute Gasteiger partial charge is 0.306 e. The number of carbonyl (C=O) groups is 1. The van der Waals surface area contributed by atoms with Crippen LogP contribution in [0.5, 0.6) is 5.75 Å². The Morgan fingerprint density at radius 1 is 1.09 bits per heavy atom. The zero-order chi connectivity index (χ0) is 24.5. The lowest BCUT2D eigenvalue weighted by Crippen LogP contribution is -2.64. The number of benzene rings is 2. The summed E-state index contributed by atoms with van der Waals surface area (Å²) >= 11 is 0. The van der Waals surface area contributed by atoms with Gasteiger partial charge in [-0.1, -0.05) is 63.3 Å². The van der Waals surface area contributed by atoms with Crippen molar-refractivity contribution >= 4 is 25.1 Å². The first kappa shape index (κ1) is 24.9. The summed E-state index contributed by atoms with van der Waals surface area (Å²) in [5.74, 6) is -0.204. The maximum absolute atomic E-state index is 11.8. The highest BCUT2D eigenvalue weighted by atomic mass is 28.4. The van der Waals surface area contributed by atoms with Gasteiger partial charge in [0.1, 0.15) is 18.0 Å². The lowest BCUT2D eigenvalue weighted by atomic mass is 9.91. The SMILES string of the molecule is CC(C)(C)[Si](C)(C)O[C@H]1[C@H](Oc2ccc3ccccc3c2)[C@H]2OCC=CC[C@@H]2O[C@@H]1CC(=O)O. The summed E-state index contributed by atoms with van der Waals surface area (Å²) in [5.41, 5.74) is 0. The molecule has 0 aliphatic carbocycles. The van der Waals surface area contributed by atoms with Gasteiger partial charge in [0.25, 0.3) is 0 Å². The number of fused-ring (bicyclic) bond motifs is 2. The largest absolute Gasteiger partial charge is 0.485 e. The lowest BCUT2D eigenvalue weighted by Gasteiger charge is -2.49. The van der Waals surface area contributed by atoms with Gasteiger partial charge in [0.05, 0.1) is 25.2 Å². The minimum atomic E-state index is -2.28. The zero-order valence-corrected chi connectivity index (χ0v) is 21.7. The van der Waals surface area contributed by atoms with Crippen LogP contribution in [0.15, 0.2) is 54.6 Å². The normalized spacial score (nSPS) is 27.7. The fraction of sp³-hybridized carbons (Fsp3) is 0.519. The van der Waals surface area contributed by atoms with Gasteiger partial charge >= 0.3 is 5.97 Å². The van der Waals surface area contributed by atoms with Gasteiger partial charge in [-0.3, -0.25) is 4.79 Å². The third kappa shape index (κ3) is 5.38. The summed E-state index contributed by atoms with van der Waals surface area (Å²) < 4.78 is 26.1. The number of carboxylic acid groups (broad SMARTS) is 1. The molecule has 0 bridgehead atoms. The van der Waals surface area contributed by atoms with Crippen LogP contribution in [0, 0.1) is 0 Å². The maximum Gasteiger partial charge on any atom is 0.306 e. The minimum Gasteiger partial charge on any atom is -0.485 e. The first-order chi connectivity index (χ1) is 16.0. The molecule has 0 amide bonds. The van der Waals surface area contributed by atoms with Crippen molar-refractivity contribution in [3.8, 4) is 5.75 Å². The Labute approximate surface area is 203 Å². The standard InChI is InChI=1S/C27H36O6Si/c1-27(2,3)34(4,5)33-25-22(17-23(28)29)32-21-12-8-9-15-30-24(21)26(25)31-20-14-13-18-10-6-7-11-19(18)16-20/h6-11,13-14,16,21-22,24-26H,12,15,17H2,1-5H3,(H,28,29)/t21-,22+,24-,25+,26+/m0/s1. The molecule has 0 radical (unpaired) electrons. The highest BCUT2D eigenvalue weighted by Crippen LogP contribution is 2.41. The van der Waals surface area contributed by atoms with Crippen LogP contribution in [0.2, 0.25) is 18.1 Å². The number of rotatable bonds is 6. The molecule has 184 valence electrons. The van der Waals surface area contributed by atoms with E-state index in [0.717, 1.165) is 10.8 Å². The molecule has 4 rings (SSSR count). The van der Waals surface area contributed by atoms with Crippen LogP contribution in [0.3, 0.4) is 0 Å². The van der Waals surface area contributed by atoms with E-state index in [-0.39, 0.29) is 23.7 Å². The monoisotopic (exact) mass is 484 g/mol. The van der Waals surface area contributed by atoms with Gasteiger partial charge in [-0.15, -0.1) is 0 Å². The second-order valence-corrected chi connectivity index (χ2v) is 15.5. The van der Waals surface area contributed by atoms with E-state index in [4.69, 9.17) is 18.6 Å². The van der Waals surface area contributed by atoms with Crippen molar-refractivity contribution in [2.75, 3.05) is 6.61 Å². The molecule has 6 nitrogen and oxygen atoms in total. The Balaban J connectivity index is 1.73. The molecule has 2 aliphatic rings. The van der Waals surface area contributed by atoms with Gasteiger partial charge in [0, 0.05) is 0 Å². The molecule has 2 heterocycles. The highest BCUT2D eigenvalue weighted by molar-refractivity contribution is 6.74. The molecule has 1 N–H and O–H groups in total. The van der Waals surface area contributed by atoms with Crippen molar-refractivity contribution < 1.29 is 28.5 Å². The first-order valence-corrected chi connectivity index (χ1v) is 14.9. The number of hydrogen-bond donors (Lipinski definition) is 1. The molecule has 34 heavy (non-hydrogen) atoms. The molecular formula is C27H36O6Si. The van der Waals surface area contributed by atoms with Crippen molar-refractivity contribution in [1.29, 1.82) is 0 Å². The molecule has 0 aromatic heterocycles. The van der Waals surface area contributed by atoms with Gasteiger partial charge < -0.3 is 23.7 Å². The predicted octanol–water partition coefficient (Wildman–Crippen LogP) is 5.56. The maximum atomic E-state index is 11.8. The van der Waals surface area contributed by atoms with Crippen LogP contribution in [-0.4, -0.2) is 56.5 Å². The molecule has 0 saturated carbocycles. The van der Waals surface area contributed by atoms with Gasteiger partial charge in [0.2, 0.25) is 0 Å². The van der Waals surface area contributed by atoms with E-state index in [1.54, 1.807) is 0 Å². The zero-order valence-electron chi connectivity index (χ0n) is 20.7. The minimum absolute atomic E-state index is 0.0585. The quantitative estimate of drug-likeness (QED) is 0.427. The Hall–Kier alpha value is -2.19. The summed E-state index contributed by atoms with van der Waals surface area (Å²) in [5, 5.41) is 11.8. The summed E-state index contributed by atoms with van der Waals surface area (Å²) in [6, 6.07) is 14.1. The Kier molecular flexibility index (Phi) is 7.19. The Morgan fingerprint density at radius 3 is 2.53 bits per heavy atom. The lowest BCUT2D eigenvalue weighted by molar-refractivity contribution is -0.221. The van der Waals surface area contributed by atoms with E-state index in [0.29, 0.717) is 18.8 Å². The number of hydrogen-bond acceptors (Lipinski definition) is 5. The van der Waals surface area contributed by atoms with Crippen LogP contribution in [0.4, 0.5) is 0 Å². The molecule has 2 aromatic carbocycles. The van der Waals surface area contributed by atoms with E-state index in [9.17, 15) is 9.90 Å². The highest BCUT2D eigenvalue weighted by Gasteiger charge is 2.52. The molecule has 7 heteroatoms. The van der Waals surface area contributed by atoms with Crippen molar-refractivity contribution in [2.24, 2.45) is 0 Å². The first-order valence-electron chi connectivity index (χ1n) is 12.0. The van der Waals surface area contributed by atoms with E-state index in [1.165, 1.54) is 0 Å². The van der Waals surface area contributed by atoms with Crippen LogP contribution in [0.1, 0.15) is 33.6 Å². The number of aliphatic carboxylic acids is 1. The summed E-state index contributed by atoms with van der Waals surface area (Å²) in [6.45, 7) is 11.3. The molecule has 2 aromatic rings. The van der Waals surface area contributed by atoms with Crippen molar-refractivity contribution in [3.05, 3.63) is 54.6 Å². The van der Waals surface area contributed by atoms with Gasteiger partial charge in [-0.25, -0.2) is 0 Å². The van der Waals surface area contributed by atoms with Crippen LogP contribution >= 0.6 is 0 Å². The molecule has 1 saturated heterocycles. The third-order valence-corrected chi connectivity index (χ3v) is 11.7. The summed E-state index contributed by atoms with van der Waals surface area (Å²) in [7, 11) is -2.28. The van der Waals surface area contributed by atoms with E-state index in [1.807, 2.05) is 42.5 Å².